The summed E-state index contributed by atoms with van der Waals surface area (Å²) in [6.07, 6.45) is 3.82. The molecule has 1 aromatic rings. The van der Waals surface area contributed by atoms with Crippen molar-refractivity contribution >= 4 is 15.9 Å². The molecule has 0 fully saturated rings. The molecule has 0 aliphatic heterocycles. The predicted molar refractivity (Wildman–Crippen MR) is 45.0 cm³/mol. The monoisotopic (exact) mass is 195 g/mol. The summed E-state index contributed by atoms with van der Waals surface area (Å²) in [6.45, 7) is 0. The average Bonchev–Trinajstić information content (AvgIpc) is 2.33. The van der Waals surface area contributed by atoms with E-state index in [1.54, 1.807) is 0 Å². The third-order valence-corrected chi connectivity index (χ3v) is 2.45. The number of hydrogen-bond acceptors (Lipinski definition) is 0. The van der Waals surface area contributed by atoms with Crippen molar-refractivity contribution in [2.45, 2.75) is 19.3 Å². The standard InChI is InChI=1S/C9H8Br/c10-9-5-4-7-2-1-3-8(7)6-9/h4,6H,1-3H2. The maximum atomic E-state index is 3.41. The summed E-state index contributed by atoms with van der Waals surface area (Å²) >= 11 is 3.41. The Balaban J connectivity index is 2.52. The summed E-state index contributed by atoms with van der Waals surface area (Å²) in [5, 5.41) is 0. The van der Waals surface area contributed by atoms with Gasteiger partial charge in [0.2, 0.25) is 0 Å². The molecule has 0 aromatic heterocycles. The van der Waals surface area contributed by atoms with Gasteiger partial charge in [0, 0.05) is 4.47 Å². The molecule has 0 amide bonds. The topological polar surface area (TPSA) is 0 Å². The van der Waals surface area contributed by atoms with E-state index in [9.17, 15) is 0 Å². The van der Waals surface area contributed by atoms with Crippen LogP contribution >= 0.6 is 15.9 Å². The van der Waals surface area contributed by atoms with Gasteiger partial charge in [0.25, 0.3) is 0 Å². The third kappa shape index (κ3) is 0.988. The molecule has 1 aliphatic rings. The van der Waals surface area contributed by atoms with Crippen LogP contribution in [0.15, 0.2) is 16.6 Å². The molecule has 10 heavy (non-hydrogen) atoms. The van der Waals surface area contributed by atoms with Crippen molar-refractivity contribution in [2.75, 3.05) is 0 Å². The van der Waals surface area contributed by atoms with Crippen LogP contribution in [0.1, 0.15) is 17.5 Å². The van der Waals surface area contributed by atoms with E-state index in [1.807, 2.05) is 0 Å². The van der Waals surface area contributed by atoms with Crippen LogP contribution in [-0.2, 0) is 12.8 Å². The minimum absolute atomic E-state index is 1.09. The lowest BCUT2D eigenvalue weighted by Gasteiger charge is -1.96. The first-order valence-corrected chi connectivity index (χ1v) is 4.34. The van der Waals surface area contributed by atoms with E-state index in [0.29, 0.717) is 0 Å². The lowest BCUT2D eigenvalue weighted by molar-refractivity contribution is 0.911. The molecule has 0 saturated carbocycles. The van der Waals surface area contributed by atoms with E-state index in [-0.39, 0.29) is 0 Å². The van der Waals surface area contributed by atoms with Crippen LogP contribution in [0.2, 0.25) is 0 Å². The summed E-state index contributed by atoms with van der Waals surface area (Å²) in [4.78, 5) is 0. The molecule has 1 aliphatic carbocycles. The Morgan fingerprint density at radius 2 is 2.10 bits per heavy atom. The molecular formula is C9H8Br. The lowest BCUT2D eigenvalue weighted by Crippen LogP contribution is -1.79. The number of aryl methyl sites for hydroxylation is 2. The Bertz CT molecular complexity index is 253. The third-order valence-electron chi connectivity index (χ3n) is 1.99. The average molecular weight is 196 g/mol. The minimum Gasteiger partial charge on any atom is -0.0501 e. The van der Waals surface area contributed by atoms with Gasteiger partial charge in [-0.25, -0.2) is 0 Å². The fraction of sp³-hybridized carbons (Fsp3) is 0.333. The van der Waals surface area contributed by atoms with Crippen molar-refractivity contribution in [3.63, 3.8) is 0 Å². The van der Waals surface area contributed by atoms with Crippen LogP contribution in [0.4, 0.5) is 0 Å². The fourth-order valence-electron chi connectivity index (χ4n) is 1.47. The van der Waals surface area contributed by atoms with Crippen LogP contribution in [0.25, 0.3) is 0 Å². The van der Waals surface area contributed by atoms with Crippen molar-refractivity contribution in [3.05, 3.63) is 33.8 Å². The van der Waals surface area contributed by atoms with Gasteiger partial charge in [-0.2, -0.15) is 0 Å². The Kier molecular flexibility index (Phi) is 1.53. The Morgan fingerprint density at radius 3 is 3.00 bits per heavy atom. The summed E-state index contributed by atoms with van der Waals surface area (Å²) in [6, 6.07) is 7.43. The van der Waals surface area contributed by atoms with E-state index in [2.05, 4.69) is 34.1 Å². The Labute approximate surface area is 69.4 Å². The Hall–Kier alpha value is -0.300. The highest BCUT2D eigenvalue weighted by Crippen LogP contribution is 2.24. The molecule has 0 atom stereocenters. The second kappa shape index (κ2) is 2.39. The molecule has 0 heterocycles. The largest absolute Gasteiger partial charge is 0.0501 e. The molecule has 2 rings (SSSR count). The normalized spacial score (nSPS) is 15.3. The first kappa shape index (κ1) is 6.41. The van der Waals surface area contributed by atoms with Gasteiger partial charge in [0.15, 0.2) is 0 Å². The second-order valence-electron chi connectivity index (χ2n) is 2.68. The van der Waals surface area contributed by atoms with E-state index in [0.717, 1.165) is 4.47 Å². The number of benzene rings is 1. The van der Waals surface area contributed by atoms with Gasteiger partial charge in [-0.05, 0) is 48.6 Å². The van der Waals surface area contributed by atoms with Crippen molar-refractivity contribution in [1.29, 1.82) is 0 Å². The number of fused-ring (bicyclic) bond motifs is 1. The number of rotatable bonds is 0. The highest BCUT2D eigenvalue weighted by Gasteiger charge is 2.09. The summed E-state index contributed by atoms with van der Waals surface area (Å²) in [5.74, 6) is 0. The summed E-state index contributed by atoms with van der Waals surface area (Å²) in [7, 11) is 0. The summed E-state index contributed by atoms with van der Waals surface area (Å²) < 4.78 is 1.09. The molecule has 51 valence electrons. The molecule has 0 N–H and O–H groups in total. The van der Waals surface area contributed by atoms with Crippen molar-refractivity contribution < 1.29 is 0 Å². The maximum Gasteiger partial charge on any atom is 0.0257 e. The molecule has 0 spiro atoms. The maximum absolute atomic E-state index is 3.41. The zero-order valence-corrected chi connectivity index (χ0v) is 7.24. The predicted octanol–water partition coefficient (Wildman–Crippen LogP) is 2.74. The second-order valence-corrected chi connectivity index (χ2v) is 3.54. The van der Waals surface area contributed by atoms with Crippen LogP contribution in [-0.4, -0.2) is 0 Å². The molecule has 1 aromatic carbocycles. The highest BCUT2D eigenvalue weighted by molar-refractivity contribution is 9.10. The molecule has 0 saturated heterocycles. The van der Waals surface area contributed by atoms with Gasteiger partial charge in [0.05, 0.1) is 0 Å². The lowest BCUT2D eigenvalue weighted by atomic mass is 10.1. The fourth-order valence-corrected chi connectivity index (χ4v) is 1.86. The van der Waals surface area contributed by atoms with Gasteiger partial charge in [-0.3, -0.25) is 0 Å². The molecule has 0 bridgehead atoms. The quantitative estimate of drug-likeness (QED) is 0.598. The molecule has 1 radical (unpaired) electrons. The van der Waals surface area contributed by atoms with Crippen molar-refractivity contribution in [1.82, 2.24) is 0 Å². The van der Waals surface area contributed by atoms with Gasteiger partial charge in [-0.1, -0.05) is 15.9 Å². The van der Waals surface area contributed by atoms with Crippen LogP contribution in [0.3, 0.4) is 0 Å². The molecule has 0 nitrogen and oxygen atoms in total. The van der Waals surface area contributed by atoms with Crippen molar-refractivity contribution in [3.8, 4) is 0 Å². The zero-order chi connectivity index (χ0) is 6.97. The molecule has 1 heteroatoms. The number of halogens is 1. The number of hydrogen-bond donors (Lipinski definition) is 0. The zero-order valence-electron chi connectivity index (χ0n) is 5.65. The van der Waals surface area contributed by atoms with Gasteiger partial charge < -0.3 is 0 Å². The van der Waals surface area contributed by atoms with Crippen LogP contribution in [0.5, 0.6) is 0 Å². The first-order chi connectivity index (χ1) is 4.86. The molecule has 0 unspecified atom stereocenters. The van der Waals surface area contributed by atoms with Crippen molar-refractivity contribution in [2.24, 2.45) is 0 Å². The van der Waals surface area contributed by atoms with E-state index in [4.69, 9.17) is 0 Å². The van der Waals surface area contributed by atoms with Gasteiger partial charge in [-0.15, -0.1) is 0 Å². The smallest absolute Gasteiger partial charge is 0.0257 e. The van der Waals surface area contributed by atoms with E-state index < -0.39 is 0 Å². The molecular weight excluding hydrogens is 188 g/mol. The first-order valence-electron chi connectivity index (χ1n) is 3.55. The minimum atomic E-state index is 1.09. The summed E-state index contributed by atoms with van der Waals surface area (Å²) in [5.41, 5.74) is 2.99. The van der Waals surface area contributed by atoms with E-state index >= 15 is 0 Å². The van der Waals surface area contributed by atoms with Gasteiger partial charge in [0.1, 0.15) is 0 Å². The van der Waals surface area contributed by atoms with Crippen LogP contribution in [0, 0.1) is 6.07 Å². The highest BCUT2D eigenvalue weighted by atomic mass is 79.9. The Morgan fingerprint density at radius 1 is 1.30 bits per heavy atom. The van der Waals surface area contributed by atoms with Crippen LogP contribution < -0.4 is 0 Å². The SMILES string of the molecule is Brc1[c]cc2c(c1)CCC2. The van der Waals surface area contributed by atoms with Gasteiger partial charge >= 0.3 is 0 Å². The van der Waals surface area contributed by atoms with E-state index in [1.165, 1.54) is 30.4 Å².